The number of carbonyl (C=O) groups excluding carboxylic acids is 1. The van der Waals surface area contributed by atoms with E-state index in [1.165, 1.54) is 5.56 Å². The van der Waals surface area contributed by atoms with Crippen LogP contribution in [0.15, 0.2) is 42.5 Å². The van der Waals surface area contributed by atoms with Gasteiger partial charge in [-0.25, -0.2) is 4.98 Å². The lowest BCUT2D eigenvalue weighted by Crippen LogP contribution is -2.35. The summed E-state index contributed by atoms with van der Waals surface area (Å²) in [5.74, 6) is 1.30. The summed E-state index contributed by atoms with van der Waals surface area (Å²) in [7, 11) is 1.56. The SMILES string of the molecule is COc1ccccc1C(=O)NCC1COCc2nc3cc(C)ccc3n21. The van der Waals surface area contributed by atoms with Crippen molar-refractivity contribution in [3.63, 3.8) is 0 Å². The lowest BCUT2D eigenvalue weighted by Gasteiger charge is -2.26. The zero-order chi connectivity index (χ0) is 18.1. The molecule has 6 heteroatoms. The Morgan fingerprint density at radius 1 is 1.35 bits per heavy atom. The number of hydrogen-bond donors (Lipinski definition) is 1. The van der Waals surface area contributed by atoms with Gasteiger partial charge in [0.25, 0.3) is 5.91 Å². The standard InChI is InChI=1S/C20H21N3O3/c1-13-7-8-17-16(9-13)22-19-12-26-11-14(23(17)19)10-21-20(24)15-5-3-4-6-18(15)25-2/h3-9,14H,10-12H2,1-2H3,(H,21,24). The highest BCUT2D eigenvalue weighted by molar-refractivity contribution is 5.96. The Morgan fingerprint density at radius 2 is 2.19 bits per heavy atom. The number of para-hydroxylation sites is 1. The molecule has 4 rings (SSSR count). The summed E-state index contributed by atoms with van der Waals surface area (Å²) in [6, 6.07) is 13.4. The lowest BCUT2D eigenvalue weighted by molar-refractivity contribution is 0.0553. The molecule has 134 valence electrons. The Kier molecular flexibility index (Phi) is 4.34. The highest BCUT2D eigenvalue weighted by Gasteiger charge is 2.25. The van der Waals surface area contributed by atoms with Gasteiger partial charge < -0.3 is 19.4 Å². The van der Waals surface area contributed by atoms with Crippen molar-refractivity contribution >= 4 is 16.9 Å². The van der Waals surface area contributed by atoms with Gasteiger partial charge in [0.2, 0.25) is 0 Å². The predicted molar refractivity (Wildman–Crippen MR) is 98.5 cm³/mol. The molecule has 0 saturated carbocycles. The van der Waals surface area contributed by atoms with E-state index in [0.717, 1.165) is 16.9 Å². The molecular weight excluding hydrogens is 330 g/mol. The second-order valence-corrected chi connectivity index (χ2v) is 6.47. The van der Waals surface area contributed by atoms with E-state index in [9.17, 15) is 4.79 Å². The van der Waals surface area contributed by atoms with Crippen LogP contribution in [0.1, 0.15) is 27.8 Å². The first-order valence-electron chi connectivity index (χ1n) is 8.64. The Labute approximate surface area is 151 Å². The zero-order valence-corrected chi connectivity index (χ0v) is 14.9. The van der Waals surface area contributed by atoms with Gasteiger partial charge in [0.15, 0.2) is 0 Å². The minimum atomic E-state index is -0.158. The van der Waals surface area contributed by atoms with Crippen LogP contribution in [0, 0.1) is 6.92 Å². The highest BCUT2D eigenvalue weighted by atomic mass is 16.5. The number of imidazole rings is 1. The molecule has 3 aromatic rings. The molecule has 6 nitrogen and oxygen atoms in total. The first-order chi connectivity index (χ1) is 12.7. The monoisotopic (exact) mass is 351 g/mol. The molecular formula is C20H21N3O3. The van der Waals surface area contributed by atoms with Gasteiger partial charge in [-0.15, -0.1) is 0 Å². The van der Waals surface area contributed by atoms with Gasteiger partial charge in [-0.3, -0.25) is 4.79 Å². The minimum absolute atomic E-state index is 0.00473. The third kappa shape index (κ3) is 2.93. The van der Waals surface area contributed by atoms with Crippen LogP contribution in [0.25, 0.3) is 11.0 Å². The zero-order valence-electron chi connectivity index (χ0n) is 14.9. The van der Waals surface area contributed by atoms with Crippen molar-refractivity contribution in [1.82, 2.24) is 14.9 Å². The van der Waals surface area contributed by atoms with Crippen LogP contribution in [-0.2, 0) is 11.3 Å². The van der Waals surface area contributed by atoms with Gasteiger partial charge in [-0.1, -0.05) is 18.2 Å². The van der Waals surface area contributed by atoms with E-state index >= 15 is 0 Å². The first-order valence-corrected chi connectivity index (χ1v) is 8.64. The fraction of sp³-hybridized carbons (Fsp3) is 0.300. The van der Waals surface area contributed by atoms with Gasteiger partial charge in [-0.2, -0.15) is 0 Å². The van der Waals surface area contributed by atoms with Gasteiger partial charge in [-0.05, 0) is 36.8 Å². The predicted octanol–water partition coefficient (Wildman–Crippen LogP) is 2.85. The average molecular weight is 351 g/mol. The molecule has 0 fully saturated rings. The molecule has 26 heavy (non-hydrogen) atoms. The lowest BCUT2D eigenvalue weighted by atomic mass is 10.1. The topological polar surface area (TPSA) is 65.4 Å². The molecule has 2 aromatic carbocycles. The number of carbonyl (C=O) groups is 1. The normalized spacial score (nSPS) is 16.3. The van der Waals surface area contributed by atoms with Crippen LogP contribution in [-0.4, -0.2) is 35.7 Å². The largest absolute Gasteiger partial charge is 0.496 e. The summed E-state index contributed by atoms with van der Waals surface area (Å²) < 4.78 is 13.1. The van der Waals surface area contributed by atoms with Crippen LogP contribution in [0.4, 0.5) is 0 Å². The Morgan fingerprint density at radius 3 is 3.04 bits per heavy atom. The Hall–Kier alpha value is -2.86. The molecule has 1 aliphatic heterocycles. The number of aromatic nitrogens is 2. The number of hydrogen-bond acceptors (Lipinski definition) is 4. The molecule has 1 amide bonds. The maximum absolute atomic E-state index is 12.6. The molecule has 1 N–H and O–H groups in total. The van der Waals surface area contributed by atoms with Crippen molar-refractivity contribution < 1.29 is 14.3 Å². The fourth-order valence-electron chi connectivity index (χ4n) is 3.42. The Bertz CT molecular complexity index is 964. The van der Waals surface area contributed by atoms with E-state index in [0.29, 0.717) is 31.1 Å². The number of rotatable bonds is 4. The summed E-state index contributed by atoms with van der Waals surface area (Å²) in [4.78, 5) is 17.3. The summed E-state index contributed by atoms with van der Waals surface area (Å²) in [6.45, 7) is 3.55. The van der Waals surface area contributed by atoms with E-state index in [4.69, 9.17) is 9.47 Å². The Balaban J connectivity index is 1.57. The number of fused-ring (bicyclic) bond motifs is 3. The van der Waals surface area contributed by atoms with Crippen LogP contribution in [0.3, 0.4) is 0 Å². The number of benzene rings is 2. The molecule has 0 spiro atoms. The summed E-state index contributed by atoms with van der Waals surface area (Å²) in [5.41, 5.74) is 3.74. The maximum atomic E-state index is 12.6. The second kappa shape index (κ2) is 6.80. The van der Waals surface area contributed by atoms with E-state index in [2.05, 4.69) is 40.0 Å². The molecule has 1 aromatic heterocycles. The summed E-state index contributed by atoms with van der Waals surface area (Å²) in [6.07, 6.45) is 0. The third-order valence-corrected chi connectivity index (χ3v) is 4.67. The van der Waals surface area contributed by atoms with Gasteiger partial charge in [0, 0.05) is 6.54 Å². The smallest absolute Gasteiger partial charge is 0.255 e. The number of ether oxygens (including phenoxy) is 2. The molecule has 0 aliphatic carbocycles. The van der Waals surface area contributed by atoms with E-state index in [-0.39, 0.29) is 11.9 Å². The molecule has 1 unspecified atom stereocenters. The molecule has 2 heterocycles. The highest BCUT2D eigenvalue weighted by Crippen LogP contribution is 2.26. The second-order valence-electron chi connectivity index (χ2n) is 6.47. The quantitative estimate of drug-likeness (QED) is 0.785. The van der Waals surface area contributed by atoms with Crippen molar-refractivity contribution in [2.45, 2.75) is 19.6 Å². The first kappa shape index (κ1) is 16.6. The molecule has 1 atom stereocenters. The van der Waals surface area contributed by atoms with E-state index in [1.807, 2.05) is 12.1 Å². The summed E-state index contributed by atoms with van der Waals surface area (Å²) >= 11 is 0. The van der Waals surface area contributed by atoms with Gasteiger partial charge in [0.1, 0.15) is 18.2 Å². The van der Waals surface area contributed by atoms with Crippen LogP contribution in [0.5, 0.6) is 5.75 Å². The molecule has 0 radical (unpaired) electrons. The van der Waals surface area contributed by atoms with E-state index < -0.39 is 0 Å². The van der Waals surface area contributed by atoms with Gasteiger partial charge in [0.05, 0.1) is 36.4 Å². The number of nitrogens with one attached hydrogen (secondary N) is 1. The van der Waals surface area contributed by atoms with Crippen molar-refractivity contribution in [3.8, 4) is 5.75 Å². The van der Waals surface area contributed by atoms with Crippen molar-refractivity contribution in [1.29, 1.82) is 0 Å². The van der Waals surface area contributed by atoms with Gasteiger partial charge >= 0.3 is 0 Å². The summed E-state index contributed by atoms with van der Waals surface area (Å²) in [5, 5.41) is 3.00. The molecule has 0 saturated heterocycles. The fourth-order valence-corrected chi connectivity index (χ4v) is 3.42. The average Bonchev–Trinajstić information content (AvgIpc) is 3.03. The third-order valence-electron chi connectivity index (χ3n) is 4.67. The number of aryl methyl sites for hydroxylation is 1. The molecule has 1 aliphatic rings. The van der Waals surface area contributed by atoms with E-state index in [1.54, 1.807) is 19.2 Å². The van der Waals surface area contributed by atoms with Crippen LogP contribution < -0.4 is 10.1 Å². The van der Waals surface area contributed by atoms with Crippen molar-refractivity contribution in [3.05, 3.63) is 59.4 Å². The number of amides is 1. The van der Waals surface area contributed by atoms with Crippen molar-refractivity contribution in [2.24, 2.45) is 0 Å². The number of methoxy groups -OCH3 is 1. The van der Waals surface area contributed by atoms with Crippen LogP contribution in [0.2, 0.25) is 0 Å². The number of nitrogens with zero attached hydrogens (tertiary/aromatic N) is 2. The van der Waals surface area contributed by atoms with Crippen LogP contribution >= 0.6 is 0 Å². The van der Waals surface area contributed by atoms with Crippen molar-refractivity contribution in [2.75, 3.05) is 20.3 Å². The minimum Gasteiger partial charge on any atom is -0.496 e. The maximum Gasteiger partial charge on any atom is 0.255 e. The molecule has 0 bridgehead atoms.